The molecular weight excluding hydrogens is 407 g/mol. The van der Waals surface area contributed by atoms with Gasteiger partial charge in [-0.15, -0.1) is 0 Å². The fourth-order valence-corrected chi connectivity index (χ4v) is 3.99. The molecule has 1 aromatic heterocycles. The van der Waals surface area contributed by atoms with E-state index in [0.29, 0.717) is 49.7 Å². The zero-order valence-corrected chi connectivity index (χ0v) is 18.4. The number of morpholine rings is 1. The Hall–Kier alpha value is -2.96. The van der Waals surface area contributed by atoms with Crippen molar-refractivity contribution in [2.45, 2.75) is 25.8 Å². The standard InChI is InChI=1S/C26H29FN2O3/c1-19-6-8-20(9-7-19)24(29-14-16-31-17-15-29)18-28-26(30)13-11-21-10-12-25(32-21)22-4-2-3-5-23(22)27/h2-10,12,24H,11,13-18H2,1H3,(H,28,30). The number of nitrogens with zero attached hydrogens (tertiary/aromatic N) is 1. The number of ether oxygens (including phenoxy) is 1. The van der Waals surface area contributed by atoms with Crippen LogP contribution in [0.1, 0.15) is 29.3 Å². The van der Waals surface area contributed by atoms with Gasteiger partial charge in [-0.2, -0.15) is 0 Å². The lowest BCUT2D eigenvalue weighted by molar-refractivity contribution is -0.121. The Morgan fingerprint density at radius 3 is 2.56 bits per heavy atom. The summed E-state index contributed by atoms with van der Waals surface area (Å²) < 4.78 is 25.2. The molecule has 1 amide bonds. The number of hydrogen-bond acceptors (Lipinski definition) is 4. The van der Waals surface area contributed by atoms with Gasteiger partial charge in [-0.3, -0.25) is 9.69 Å². The molecule has 168 valence electrons. The van der Waals surface area contributed by atoms with E-state index >= 15 is 0 Å². The van der Waals surface area contributed by atoms with Gasteiger partial charge in [-0.05, 0) is 36.8 Å². The third-order valence-electron chi connectivity index (χ3n) is 5.84. The molecule has 0 spiro atoms. The lowest BCUT2D eigenvalue weighted by Crippen LogP contribution is -2.43. The summed E-state index contributed by atoms with van der Waals surface area (Å²) in [5.41, 5.74) is 2.83. The zero-order valence-electron chi connectivity index (χ0n) is 18.4. The second kappa shape index (κ2) is 10.6. The number of hydrogen-bond donors (Lipinski definition) is 1. The average Bonchev–Trinajstić information content (AvgIpc) is 3.29. The predicted octanol–water partition coefficient (Wildman–Crippen LogP) is 4.52. The molecule has 4 rings (SSSR count). The lowest BCUT2D eigenvalue weighted by atomic mass is 10.0. The van der Waals surface area contributed by atoms with Gasteiger partial charge in [0.15, 0.2) is 0 Å². The van der Waals surface area contributed by atoms with Gasteiger partial charge in [0.2, 0.25) is 5.91 Å². The number of nitrogens with one attached hydrogen (secondary N) is 1. The Labute approximate surface area is 188 Å². The van der Waals surface area contributed by atoms with Crippen LogP contribution >= 0.6 is 0 Å². The van der Waals surface area contributed by atoms with Gasteiger partial charge >= 0.3 is 0 Å². The number of aryl methyl sites for hydroxylation is 2. The number of carbonyl (C=O) groups excluding carboxylic acids is 1. The van der Waals surface area contributed by atoms with E-state index in [9.17, 15) is 9.18 Å². The number of halogens is 1. The summed E-state index contributed by atoms with van der Waals surface area (Å²) in [5, 5.41) is 3.09. The fraction of sp³-hybridized carbons (Fsp3) is 0.346. The number of furan rings is 1. The molecule has 0 aliphatic carbocycles. The monoisotopic (exact) mass is 436 g/mol. The van der Waals surface area contributed by atoms with Crippen molar-refractivity contribution < 1.29 is 18.3 Å². The van der Waals surface area contributed by atoms with Crippen LogP contribution in [0, 0.1) is 12.7 Å². The number of rotatable bonds is 8. The molecule has 1 aliphatic rings. The van der Waals surface area contributed by atoms with Crippen molar-refractivity contribution in [2.75, 3.05) is 32.8 Å². The van der Waals surface area contributed by atoms with E-state index in [2.05, 4.69) is 41.4 Å². The van der Waals surface area contributed by atoms with Crippen LogP contribution in [0.5, 0.6) is 0 Å². The second-order valence-electron chi connectivity index (χ2n) is 8.12. The lowest BCUT2D eigenvalue weighted by Gasteiger charge is -2.35. The minimum Gasteiger partial charge on any atom is -0.461 e. The smallest absolute Gasteiger partial charge is 0.220 e. The second-order valence-corrected chi connectivity index (χ2v) is 8.12. The van der Waals surface area contributed by atoms with E-state index in [-0.39, 0.29) is 17.8 Å². The quantitative estimate of drug-likeness (QED) is 0.564. The molecule has 1 aliphatic heterocycles. The Balaban J connectivity index is 1.33. The van der Waals surface area contributed by atoms with Crippen molar-refractivity contribution in [3.63, 3.8) is 0 Å². The van der Waals surface area contributed by atoms with Crippen LogP contribution in [0.25, 0.3) is 11.3 Å². The normalized spacial score (nSPS) is 15.4. The first-order chi connectivity index (χ1) is 15.6. The van der Waals surface area contributed by atoms with E-state index < -0.39 is 0 Å². The molecule has 1 saturated heterocycles. The van der Waals surface area contributed by atoms with E-state index in [1.807, 2.05) is 0 Å². The molecule has 0 saturated carbocycles. The molecule has 1 N–H and O–H groups in total. The van der Waals surface area contributed by atoms with E-state index in [4.69, 9.17) is 9.15 Å². The van der Waals surface area contributed by atoms with Crippen LogP contribution in [0.3, 0.4) is 0 Å². The highest BCUT2D eigenvalue weighted by Crippen LogP contribution is 2.25. The third-order valence-corrected chi connectivity index (χ3v) is 5.84. The van der Waals surface area contributed by atoms with Crippen molar-refractivity contribution in [1.29, 1.82) is 0 Å². The molecule has 0 bridgehead atoms. The van der Waals surface area contributed by atoms with E-state index in [0.717, 1.165) is 13.1 Å². The minimum absolute atomic E-state index is 0.0285. The van der Waals surface area contributed by atoms with Gasteiger partial charge in [0.25, 0.3) is 0 Å². The first-order valence-electron chi connectivity index (χ1n) is 11.1. The molecule has 1 atom stereocenters. The van der Waals surface area contributed by atoms with Gasteiger partial charge in [0.1, 0.15) is 17.3 Å². The molecule has 2 heterocycles. The Morgan fingerprint density at radius 1 is 1.06 bits per heavy atom. The van der Waals surface area contributed by atoms with Crippen LogP contribution in [0.2, 0.25) is 0 Å². The Morgan fingerprint density at radius 2 is 1.81 bits per heavy atom. The molecule has 3 aromatic rings. The van der Waals surface area contributed by atoms with Crippen LogP contribution in [0.4, 0.5) is 4.39 Å². The number of amides is 1. The summed E-state index contributed by atoms with van der Waals surface area (Å²) in [5.74, 6) is 0.794. The van der Waals surface area contributed by atoms with Crippen LogP contribution in [-0.2, 0) is 16.0 Å². The summed E-state index contributed by atoms with van der Waals surface area (Å²) >= 11 is 0. The highest BCUT2D eigenvalue weighted by Gasteiger charge is 2.23. The predicted molar refractivity (Wildman–Crippen MR) is 122 cm³/mol. The molecule has 1 unspecified atom stereocenters. The van der Waals surface area contributed by atoms with Crippen molar-refractivity contribution in [1.82, 2.24) is 10.2 Å². The molecule has 2 aromatic carbocycles. The molecular formula is C26H29FN2O3. The first-order valence-corrected chi connectivity index (χ1v) is 11.1. The van der Waals surface area contributed by atoms with Gasteiger partial charge in [0.05, 0.1) is 24.8 Å². The summed E-state index contributed by atoms with van der Waals surface area (Å²) in [7, 11) is 0. The first kappa shape index (κ1) is 22.2. The van der Waals surface area contributed by atoms with Crippen LogP contribution in [-0.4, -0.2) is 43.7 Å². The number of carbonyl (C=O) groups is 1. The van der Waals surface area contributed by atoms with E-state index in [1.165, 1.54) is 17.2 Å². The largest absolute Gasteiger partial charge is 0.461 e. The van der Waals surface area contributed by atoms with Crippen molar-refractivity contribution >= 4 is 5.91 Å². The van der Waals surface area contributed by atoms with Gasteiger partial charge < -0.3 is 14.5 Å². The summed E-state index contributed by atoms with van der Waals surface area (Å²) in [6.07, 6.45) is 0.779. The molecule has 1 fully saturated rings. The Bertz CT molecular complexity index is 1030. The summed E-state index contributed by atoms with van der Waals surface area (Å²) in [4.78, 5) is 14.9. The topological polar surface area (TPSA) is 54.7 Å². The van der Waals surface area contributed by atoms with Crippen molar-refractivity contribution in [2.24, 2.45) is 0 Å². The molecule has 32 heavy (non-hydrogen) atoms. The highest BCUT2D eigenvalue weighted by atomic mass is 19.1. The molecule has 0 radical (unpaired) electrons. The maximum absolute atomic E-state index is 14.0. The highest BCUT2D eigenvalue weighted by molar-refractivity contribution is 5.76. The molecule has 6 heteroatoms. The van der Waals surface area contributed by atoms with Crippen LogP contribution in [0.15, 0.2) is 65.1 Å². The van der Waals surface area contributed by atoms with Crippen molar-refractivity contribution in [3.05, 3.63) is 83.4 Å². The third kappa shape index (κ3) is 5.64. The zero-order chi connectivity index (χ0) is 22.3. The van der Waals surface area contributed by atoms with Crippen LogP contribution < -0.4 is 5.32 Å². The van der Waals surface area contributed by atoms with Gasteiger partial charge in [0, 0.05) is 32.5 Å². The van der Waals surface area contributed by atoms with E-state index in [1.54, 1.807) is 30.3 Å². The minimum atomic E-state index is -0.323. The summed E-state index contributed by atoms with van der Waals surface area (Å²) in [6.45, 7) is 5.72. The molecule has 5 nitrogen and oxygen atoms in total. The fourth-order valence-electron chi connectivity index (χ4n) is 3.99. The van der Waals surface area contributed by atoms with Gasteiger partial charge in [-0.25, -0.2) is 4.39 Å². The summed E-state index contributed by atoms with van der Waals surface area (Å²) in [6, 6.07) is 18.6. The number of benzene rings is 2. The maximum atomic E-state index is 14.0. The maximum Gasteiger partial charge on any atom is 0.220 e. The average molecular weight is 437 g/mol. The van der Waals surface area contributed by atoms with Crippen molar-refractivity contribution in [3.8, 4) is 11.3 Å². The Kier molecular flexibility index (Phi) is 7.35. The SMILES string of the molecule is Cc1ccc(C(CNC(=O)CCc2ccc(-c3ccccc3F)o2)N2CCOCC2)cc1. The van der Waals surface area contributed by atoms with Gasteiger partial charge in [-0.1, -0.05) is 42.0 Å².